The Labute approximate surface area is 286 Å². The number of carbonyl (C=O) groups is 4. The predicted octanol–water partition coefficient (Wildman–Crippen LogP) is 4.05. The van der Waals surface area contributed by atoms with Crippen molar-refractivity contribution < 1.29 is 29.0 Å². The molecule has 0 radical (unpaired) electrons. The molecule has 10 heteroatoms. The highest BCUT2D eigenvalue weighted by Crippen LogP contribution is 2.30. The van der Waals surface area contributed by atoms with Crippen LogP contribution in [0.2, 0.25) is 0 Å². The number of epoxide rings is 1. The summed E-state index contributed by atoms with van der Waals surface area (Å²) < 4.78 is 5.92. The average molecular weight is 665 g/mol. The van der Waals surface area contributed by atoms with Crippen molar-refractivity contribution in [3.63, 3.8) is 0 Å². The summed E-state index contributed by atoms with van der Waals surface area (Å²) in [5.74, 6) is -0.579. The normalized spacial score (nSPS) is 18.1. The first-order valence-electron chi connectivity index (χ1n) is 17.4. The molecule has 1 saturated heterocycles. The number of hydrogen-bond acceptors (Lipinski definition) is 6. The summed E-state index contributed by atoms with van der Waals surface area (Å²) in [6.45, 7) is 12.2. The van der Waals surface area contributed by atoms with E-state index in [4.69, 9.17) is 4.74 Å². The maximum atomic E-state index is 13.2. The van der Waals surface area contributed by atoms with E-state index < -0.39 is 24.1 Å². The first-order chi connectivity index (χ1) is 22.8. The van der Waals surface area contributed by atoms with Gasteiger partial charge < -0.3 is 31.1 Å². The van der Waals surface area contributed by atoms with Crippen molar-refractivity contribution in [2.24, 2.45) is 17.8 Å². The van der Waals surface area contributed by atoms with Crippen molar-refractivity contribution in [3.8, 4) is 0 Å². The van der Waals surface area contributed by atoms with Crippen LogP contribution in [0.1, 0.15) is 84.8 Å². The number of benzene rings is 2. The summed E-state index contributed by atoms with van der Waals surface area (Å²) in [6, 6.07) is 17.7. The van der Waals surface area contributed by atoms with Gasteiger partial charge in [-0.1, -0.05) is 102 Å². The van der Waals surface area contributed by atoms with E-state index in [1.165, 1.54) is 0 Å². The Hall–Kier alpha value is -3.76. The predicted molar refractivity (Wildman–Crippen MR) is 186 cm³/mol. The minimum atomic E-state index is -1.15. The quantitative estimate of drug-likeness (QED) is 0.135. The van der Waals surface area contributed by atoms with Crippen LogP contribution in [-0.2, 0) is 36.9 Å². The smallest absolute Gasteiger partial charge is 0.242 e. The van der Waals surface area contributed by atoms with Crippen molar-refractivity contribution >= 4 is 23.6 Å². The van der Waals surface area contributed by atoms with Gasteiger partial charge in [0.25, 0.3) is 0 Å². The van der Waals surface area contributed by atoms with Crippen LogP contribution in [0, 0.1) is 17.8 Å². The molecule has 0 saturated carbocycles. The van der Waals surface area contributed by atoms with Gasteiger partial charge in [-0.15, -0.1) is 0 Å². The van der Waals surface area contributed by atoms with Crippen molar-refractivity contribution in [3.05, 3.63) is 71.8 Å². The number of hydrogen-bond donors (Lipinski definition) is 5. The standard InChI is InChI=1S/C38H56N4O6/c1-24(2)17-29(32(43)21-35(45)42-31(18-25(3)4)38(47)39-23-28-15-11-8-12-16-28)40-36(46)22-33-37(48-33)30(41-34(44)19-26(5)6)20-27-13-9-7-10-14-27/h7-16,24-26,29-33,37,43H,17-23H2,1-6H3,(H,39,47)(H,40,46)(H,41,44)(H,42,45)/t29-,30-,31-,32?,33?,37?/m0/s1. The molecule has 0 bridgehead atoms. The second-order valence-electron chi connectivity index (χ2n) is 14.3. The lowest BCUT2D eigenvalue weighted by atomic mass is 9.96. The minimum Gasteiger partial charge on any atom is -0.390 e. The van der Waals surface area contributed by atoms with Crippen LogP contribution < -0.4 is 21.3 Å². The van der Waals surface area contributed by atoms with Crippen LogP contribution in [-0.4, -0.2) is 65.2 Å². The summed E-state index contributed by atoms with van der Waals surface area (Å²) in [5.41, 5.74) is 2.02. The van der Waals surface area contributed by atoms with Crippen molar-refractivity contribution in [1.29, 1.82) is 0 Å². The largest absolute Gasteiger partial charge is 0.390 e. The van der Waals surface area contributed by atoms with Crippen LogP contribution >= 0.6 is 0 Å². The van der Waals surface area contributed by atoms with Gasteiger partial charge in [-0.3, -0.25) is 19.2 Å². The first-order valence-corrected chi connectivity index (χ1v) is 17.4. The zero-order valence-corrected chi connectivity index (χ0v) is 29.4. The molecule has 6 atom stereocenters. The topological polar surface area (TPSA) is 149 Å². The van der Waals surface area contributed by atoms with Gasteiger partial charge in [0.05, 0.1) is 37.1 Å². The van der Waals surface area contributed by atoms with Gasteiger partial charge in [0.15, 0.2) is 0 Å². The number of carbonyl (C=O) groups excluding carboxylic acids is 4. The highest BCUT2D eigenvalue weighted by molar-refractivity contribution is 5.87. The molecule has 1 fully saturated rings. The zero-order chi connectivity index (χ0) is 35.2. The van der Waals surface area contributed by atoms with E-state index in [2.05, 4.69) is 21.3 Å². The zero-order valence-electron chi connectivity index (χ0n) is 29.4. The molecule has 0 aromatic heterocycles. The van der Waals surface area contributed by atoms with Crippen molar-refractivity contribution in [2.75, 3.05) is 0 Å². The third-order valence-electron chi connectivity index (χ3n) is 8.24. The van der Waals surface area contributed by atoms with E-state index in [1.807, 2.05) is 102 Å². The summed E-state index contributed by atoms with van der Waals surface area (Å²) in [4.78, 5) is 52.0. The molecule has 4 amide bonds. The highest BCUT2D eigenvalue weighted by atomic mass is 16.6. The Morgan fingerprint density at radius 1 is 0.708 bits per heavy atom. The molecule has 2 aromatic rings. The van der Waals surface area contributed by atoms with E-state index in [-0.39, 0.29) is 66.6 Å². The van der Waals surface area contributed by atoms with Gasteiger partial charge in [0.1, 0.15) is 12.1 Å². The molecule has 1 heterocycles. The van der Waals surface area contributed by atoms with Crippen LogP contribution in [0.4, 0.5) is 0 Å². The fourth-order valence-corrected chi connectivity index (χ4v) is 5.89. The van der Waals surface area contributed by atoms with E-state index in [9.17, 15) is 24.3 Å². The molecule has 5 N–H and O–H groups in total. The van der Waals surface area contributed by atoms with E-state index in [0.29, 0.717) is 32.2 Å². The molecule has 10 nitrogen and oxygen atoms in total. The second-order valence-corrected chi connectivity index (χ2v) is 14.3. The number of amides is 4. The molecule has 2 aromatic carbocycles. The van der Waals surface area contributed by atoms with Gasteiger partial charge in [-0.25, -0.2) is 0 Å². The number of rotatable bonds is 20. The Balaban J connectivity index is 1.56. The third-order valence-corrected chi connectivity index (χ3v) is 8.24. The third kappa shape index (κ3) is 14.2. The summed E-state index contributed by atoms with van der Waals surface area (Å²) in [7, 11) is 0. The number of nitrogens with one attached hydrogen (secondary N) is 4. The molecule has 3 rings (SSSR count). The lowest BCUT2D eigenvalue weighted by molar-refractivity contribution is -0.131. The summed E-state index contributed by atoms with van der Waals surface area (Å²) >= 11 is 0. The maximum Gasteiger partial charge on any atom is 0.242 e. The molecule has 3 unspecified atom stereocenters. The van der Waals surface area contributed by atoms with Gasteiger partial charge >= 0.3 is 0 Å². The fourth-order valence-electron chi connectivity index (χ4n) is 5.89. The van der Waals surface area contributed by atoms with Crippen LogP contribution in [0.3, 0.4) is 0 Å². The number of ether oxygens (including phenoxy) is 1. The van der Waals surface area contributed by atoms with Gasteiger partial charge in [-0.2, -0.15) is 0 Å². The maximum absolute atomic E-state index is 13.2. The van der Waals surface area contributed by atoms with Crippen LogP contribution in [0.25, 0.3) is 0 Å². The Morgan fingerprint density at radius 2 is 1.29 bits per heavy atom. The molecule has 264 valence electrons. The molecule has 1 aliphatic rings. The van der Waals surface area contributed by atoms with Crippen LogP contribution in [0.5, 0.6) is 0 Å². The monoisotopic (exact) mass is 664 g/mol. The van der Waals surface area contributed by atoms with Crippen molar-refractivity contribution in [1.82, 2.24) is 21.3 Å². The molecule has 0 spiro atoms. The fraction of sp³-hybridized carbons (Fsp3) is 0.579. The second kappa shape index (κ2) is 19.3. The Morgan fingerprint density at radius 3 is 1.88 bits per heavy atom. The average Bonchev–Trinajstić information content (AvgIpc) is 3.77. The van der Waals surface area contributed by atoms with E-state index >= 15 is 0 Å². The highest BCUT2D eigenvalue weighted by Gasteiger charge is 2.46. The van der Waals surface area contributed by atoms with E-state index in [0.717, 1.165) is 11.1 Å². The van der Waals surface area contributed by atoms with E-state index in [1.54, 1.807) is 0 Å². The van der Waals surface area contributed by atoms with Crippen molar-refractivity contribution in [2.45, 2.75) is 123 Å². The number of aliphatic hydroxyl groups is 1. The molecule has 48 heavy (non-hydrogen) atoms. The molecule has 0 aliphatic carbocycles. The minimum absolute atomic E-state index is 0.0488. The SMILES string of the molecule is CC(C)CC(=O)N[C@@H](Cc1ccccc1)C1OC1CC(=O)N[C@@H](CC(C)C)C(O)CC(=O)N[C@@H](CC(C)C)C(=O)NCc1ccccc1. The number of aliphatic hydroxyl groups excluding tert-OH is 1. The van der Waals surface area contributed by atoms with Gasteiger partial charge in [0, 0.05) is 13.0 Å². The molecular formula is C38H56N4O6. The lowest BCUT2D eigenvalue weighted by Crippen LogP contribution is -2.50. The summed E-state index contributed by atoms with van der Waals surface area (Å²) in [5, 5.41) is 22.9. The summed E-state index contributed by atoms with van der Waals surface area (Å²) in [6.07, 6.45) is -0.128. The first kappa shape index (κ1) is 38.7. The molecule has 1 aliphatic heterocycles. The van der Waals surface area contributed by atoms with Gasteiger partial charge in [-0.05, 0) is 48.1 Å². The Kier molecular flexibility index (Phi) is 15.5. The molecular weight excluding hydrogens is 608 g/mol. The Bertz CT molecular complexity index is 1300. The van der Waals surface area contributed by atoms with Crippen LogP contribution in [0.15, 0.2) is 60.7 Å². The van der Waals surface area contributed by atoms with Gasteiger partial charge in [0.2, 0.25) is 23.6 Å². The lowest BCUT2D eigenvalue weighted by Gasteiger charge is -2.26.